The molecule has 0 fully saturated rings. The summed E-state index contributed by atoms with van der Waals surface area (Å²) >= 11 is 0. The molecule has 1 heterocycles. The molecule has 1 aromatic heterocycles. The average molecular weight is 404 g/mol. The smallest absolute Gasteiger partial charge is 0.139 e. The van der Waals surface area contributed by atoms with Crippen LogP contribution in [0.2, 0.25) is 39.3 Å². The summed E-state index contributed by atoms with van der Waals surface area (Å²) in [5.74, 6) is 1.11. The van der Waals surface area contributed by atoms with Crippen molar-refractivity contribution in [1.29, 1.82) is 5.26 Å². The second-order valence-electron chi connectivity index (χ2n) is 9.12. The average Bonchev–Trinajstić information content (AvgIpc) is 2.99. The fourth-order valence-corrected chi connectivity index (χ4v) is 13.9. The molecule has 0 amide bonds. The van der Waals surface area contributed by atoms with Gasteiger partial charge in [-0.3, -0.25) is 0 Å². The normalized spacial score (nSPS) is 11.9. The minimum atomic E-state index is -1.70. The van der Waals surface area contributed by atoms with Gasteiger partial charge >= 0.3 is 0 Å². The van der Waals surface area contributed by atoms with Crippen molar-refractivity contribution in [1.82, 2.24) is 4.98 Å². The predicted octanol–water partition coefficient (Wildman–Crippen LogP) is 6.70. The molecule has 0 bridgehead atoms. The molecule has 0 radical (unpaired) electrons. The first-order valence-electron chi connectivity index (χ1n) is 9.72. The second kappa shape index (κ2) is 7.46. The first-order valence-corrected chi connectivity index (χ1v) is 16.6. The highest BCUT2D eigenvalue weighted by molar-refractivity contribution is 6.99. The zero-order valence-corrected chi connectivity index (χ0v) is 19.7. The molecule has 0 saturated heterocycles. The Bertz CT molecular complexity index is 975. The van der Waals surface area contributed by atoms with Gasteiger partial charge in [-0.1, -0.05) is 99.9 Å². The molecule has 28 heavy (non-hydrogen) atoms. The van der Waals surface area contributed by atoms with E-state index in [-0.39, 0.29) is 0 Å². The Morgan fingerprint density at radius 2 is 1.14 bits per heavy atom. The van der Waals surface area contributed by atoms with Crippen molar-refractivity contribution in [2.75, 3.05) is 4.23 Å². The number of hydrogen-bond donors (Lipinski definition) is 1. The minimum Gasteiger partial charge on any atom is -0.411 e. The molecule has 3 aromatic rings. The number of benzene rings is 2. The predicted molar refractivity (Wildman–Crippen MR) is 126 cm³/mol. The first-order chi connectivity index (χ1) is 13.1. The molecule has 3 rings (SSSR count). The second-order valence-corrected chi connectivity index (χ2v) is 19.1. The lowest BCUT2D eigenvalue weighted by atomic mass is 9.96. The number of nitriles is 1. The third kappa shape index (κ3) is 3.84. The van der Waals surface area contributed by atoms with E-state index in [1.165, 1.54) is 0 Å². The highest BCUT2D eigenvalue weighted by atomic mass is 28.4. The molecule has 0 aliphatic heterocycles. The SMILES string of the molecule is C[Si](C)(C)N(c1[nH]c(C#N)c(-c2ccccc2)c1-c1ccccc1)[Si](C)(C)C. The number of H-pyrrole nitrogens is 1. The molecule has 2 aromatic carbocycles. The standard InChI is InChI=1S/C23H29N3Si2/c1-27(2,3)26(28(4,5)6)23-22(19-15-11-8-12-16-19)21(20(17-24)25-23)18-13-9-7-10-14-18/h7-16,25H,1-6H3. The molecule has 0 saturated carbocycles. The van der Waals surface area contributed by atoms with E-state index in [2.05, 4.69) is 91.0 Å². The van der Waals surface area contributed by atoms with E-state index in [4.69, 9.17) is 0 Å². The molecular weight excluding hydrogens is 374 g/mol. The quantitative estimate of drug-likeness (QED) is 0.482. The van der Waals surface area contributed by atoms with E-state index >= 15 is 0 Å². The lowest BCUT2D eigenvalue weighted by Gasteiger charge is -2.45. The van der Waals surface area contributed by atoms with Crippen LogP contribution in [-0.4, -0.2) is 21.5 Å². The highest BCUT2D eigenvalue weighted by Gasteiger charge is 2.38. The molecule has 0 spiro atoms. The van der Waals surface area contributed by atoms with Crippen LogP contribution < -0.4 is 4.23 Å². The maximum absolute atomic E-state index is 9.97. The summed E-state index contributed by atoms with van der Waals surface area (Å²) in [6.07, 6.45) is 0. The van der Waals surface area contributed by atoms with Gasteiger partial charge in [0, 0.05) is 11.1 Å². The van der Waals surface area contributed by atoms with Gasteiger partial charge in [0.05, 0.1) is 5.82 Å². The maximum atomic E-state index is 9.97. The van der Waals surface area contributed by atoms with E-state index in [1.54, 1.807) is 0 Å². The molecular formula is C23H29N3Si2. The van der Waals surface area contributed by atoms with Crippen molar-refractivity contribution in [2.45, 2.75) is 39.3 Å². The summed E-state index contributed by atoms with van der Waals surface area (Å²) in [6, 6.07) is 23.2. The largest absolute Gasteiger partial charge is 0.411 e. The summed E-state index contributed by atoms with van der Waals surface area (Å²) in [4.78, 5) is 3.54. The van der Waals surface area contributed by atoms with E-state index < -0.39 is 16.5 Å². The summed E-state index contributed by atoms with van der Waals surface area (Å²) in [5.41, 5.74) is 5.02. The summed E-state index contributed by atoms with van der Waals surface area (Å²) < 4.78 is 2.66. The Morgan fingerprint density at radius 1 is 0.714 bits per heavy atom. The number of anilines is 1. The Labute approximate surface area is 170 Å². The van der Waals surface area contributed by atoms with E-state index in [0.29, 0.717) is 5.69 Å². The van der Waals surface area contributed by atoms with Gasteiger partial charge in [0.2, 0.25) is 0 Å². The third-order valence-corrected chi connectivity index (χ3v) is 11.9. The Kier molecular flexibility index (Phi) is 5.38. The van der Waals surface area contributed by atoms with Crippen molar-refractivity contribution in [3.05, 3.63) is 66.4 Å². The Hall–Kier alpha value is -2.56. The van der Waals surface area contributed by atoms with Gasteiger partial charge in [0.15, 0.2) is 0 Å². The van der Waals surface area contributed by atoms with Crippen molar-refractivity contribution in [2.24, 2.45) is 0 Å². The van der Waals surface area contributed by atoms with E-state index in [0.717, 1.165) is 28.1 Å². The zero-order valence-electron chi connectivity index (χ0n) is 17.7. The van der Waals surface area contributed by atoms with Gasteiger partial charge in [-0.15, -0.1) is 0 Å². The van der Waals surface area contributed by atoms with Gasteiger partial charge in [-0.25, -0.2) is 0 Å². The number of rotatable bonds is 5. The van der Waals surface area contributed by atoms with Crippen molar-refractivity contribution in [3.8, 4) is 28.3 Å². The number of aromatic nitrogens is 1. The third-order valence-electron chi connectivity index (χ3n) is 4.78. The van der Waals surface area contributed by atoms with Crippen LogP contribution in [0.15, 0.2) is 60.7 Å². The van der Waals surface area contributed by atoms with Crippen LogP contribution in [0.5, 0.6) is 0 Å². The molecule has 1 N–H and O–H groups in total. The molecule has 0 aliphatic carbocycles. The Morgan fingerprint density at radius 3 is 1.54 bits per heavy atom. The van der Waals surface area contributed by atoms with Gasteiger partial charge in [-0.05, 0) is 11.1 Å². The van der Waals surface area contributed by atoms with Crippen LogP contribution in [0, 0.1) is 11.3 Å². The van der Waals surface area contributed by atoms with E-state index in [9.17, 15) is 5.26 Å². The maximum Gasteiger partial charge on any atom is 0.139 e. The van der Waals surface area contributed by atoms with Gasteiger partial charge < -0.3 is 9.22 Å². The fraction of sp³-hybridized carbons (Fsp3) is 0.261. The van der Waals surface area contributed by atoms with Crippen molar-refractivity contribution in [3.63, 3.8) is 0 Å². The van der Waals surface area contributed by atoms with Crippen LogP contribution in [0.3, 0.4) is 0 Å². The van der Waals surface area contributed by atoms with Gasteiger partial charge in [-0.2, -0.15) is 5.26 Å². The monoisotopic (exact) mass is 403 g/mol. The fourth-order valence-electron chi connectivity index (χ4n) is 4.19. The molecule has 0 atom stereocenters. The summed E-state index contributed by atoms with van der Waals surface area (Å²) in [6.45, 7) is 14.3. The number of nitrogens with zero attached hydrogens (tertiary/aromatic N) is 2. The first kappa shape index (κ1) is 20.2. The van der Waals surface area contributed by atoms with Gasteiger partial charge in [0.25, 0.3) is 0 Å². The van der Waals surface area contributed by atoms with Crippen LogP contribution >= 0.6 is 0 Å². The van der Waals surface area contributed by atoms with Crippen LogP contribution in [0.4, 0.5) is 5.82 Å². The highest BCUT2D eigenvalue weighted by Crippen LogP contribution is 2.44. The molecule has 0 aliphatic rings. The number of aromatic amines is 1. The summed E-state index contributed by atoms with van der Waals surface area (Å²) in [7, 11) is -3.39. The van der Waals surface area contributed by atoms with Crippen LogP contribution in [0.1, 0.15) is 5.69 Å². The van der Waals surface area contributed by atoms with Crippen LogP contribution in [-0.2, 0) is 0 Å². The Balaban J connectivity index is 2.42. The zero-order chi connectivity index (χ0) is 20.5. The number of hydrogen-bond acceptors (Lipinski definition) is 2. The van der Waals surface area contributed by atoms with Gasteiger partial charge in [0.1, 0.15) is 28.2 Å². The van der Waals surface area contributed by atoms with Crippen LogP contribution in [0.25, 0.3) is 22.3 Å². The topological polar surface area (TPSA) is 42.8 Å². The molecule has 144 valence electrons. The lowest BCUT2D eigenvalue weighted by molar-refractivity contribution is 1.24. The van der Waals surface area contributed by atoms with Crippen molar-refractivity contribution < 1.29 is 0 Å². The number of nitrogens with one attached hydrogen (secondary N) is 1. The molecule has 3 nitrogen and oxygen atoms in total. The lowest BCUT2D eigenvalue weighted by Crippen LogP contribution is -2.60. The van der Waals surface area contributed by atoms with E-state index in [1.807, 2.05) is 24.3 Å². The molecule has 5 heteroatoms. The minimum absolute atomic E-state index is 0.640. The molecule has 0 unspecified atom stereocenters. The summed E-state index contributed by atoms with van der Waals surface area (Å²) in [5, 5.41) is 9.97. The van der Waals surface area contributed by atoms with Crippen molar-refractivity contribution >= 4 is 22.3 Å².